The van der Waals surface area contributed by atoms with E-state index < -0.39 is 0 Å². The lowest BCUT2D eigenvalue weighted by atomic mass is 10.0. The van der Waals surface area contributed by atoms with Gasteiger partial charge in [-0.25, -0.2) is 4.39 Å². The first kappa shape index (κ1) is 19.7. The zero-order chi connectivity index (χ0) is 18.2. The van der Waals surface area contributed by atoms with E-state index in [0.717, 1.165) is 44.4 Å². The van der Waals surface area contributed by atoms with Crippen LogP contribution in [0.4, 0.5) is 4.39 Å². The van der Waals surface area contributed by atoms with E-state index in [4.69, 9.17) is 4.74 Å². The minimum absolute atomic E-state index is 0.207. The van der Waals surface area contributed by atoms with Crippen molar-refractivity contribution in [3.8, 4) is 0 Å². The third kappa shape index (κ3) is 5.97. The summed E-state index contributed by atoms with van der Waals surface area (Å²) >= 11 is 0. The van der Waals surface area contributed by atoms with Crippen LogP contribution in [0.5, 0.6) is 0 Å². The van der Waals surface area contributed by atoms with Crippen LogP contribution >= 0.6 is 0 Å². The van der Waals surface area contributed by atoms with E-state index >= 15 is 0 Å². The Balaban J connectivity index is 1.93. The largest absolute Gasteiger partial charge is 0.379 e. The van der Waals surface area contributed by atoms with Gasteiger partial charge in [-0.2, -0.15) is 0 Å². The average Bonchev–Trinajstić information content (AvgIpc) is 2.59. The second-order valence-corrected chi connectivity index (χ2v) is 6.87. The highest BCUT2D eigenvalue weighted by Crippen LogP contribution is 2.12. The molecule has 140 valence electrons. The smallest absolute Gasteiger partial charge is 0.193 e. The molecule has 0 spiro atoms. The van der Waals surface area contributed by atoms with Crippen molar-refractivity contribution in [1.29, 1.82) is 0 Å². The van der Waals surface area contributed by atoms with Crippen molar-refractivity contribution in [3.05, 3.63) is 35.6 Å². The topological polar surface area (TPSA) is 40.1 Å². The molecule has 1 saturated heterocycles. The van der Waals surface area contributed by atoms with E-state index in [1.54, 1.807) is 19.2 Å². The van der Waals surface area contributed by atoms with Crippen molar-refractivity contribution in [2.24, 2.45) is 10.9 Å². The minimum Gasteiger partial charge on any atom is -0.379 e. The predicted molar refractivity (Wildman–Crippen MR) is 100 cm³/mol. The number of hydrogen-bond acceptors (Lipinski definition) is 3. The Bertz CT molecular complexity index is 558. The Morgan fingerprint density at radius 1 is 1.36 bits per heavy atom. The number of hydrogen-bond donors (Lipinski definition) is 1. The fourth-order valence-electron chi connectivity index (χ4n) is 3.26. The predicted octanol–water partition coefficient (Wildman–Crippen LogP) is 2.19. The van der Waals surface area contributed by atoms with Gasteiger partial charge in [0.15, 0.2) is 5.96 Å². The van der Waals surface area contributed by atoms with Gasteiger partial charge in [0.2, 0.25) is 0 Å². The number of nitrogens with one attached hydrogen (secondary N) is 1. The number of rotatable bonds is 6. The van der Waals surface area contributed by atoms with E-state index in [-0.39, 0.29) is 5.82 Å². The molecule has 1 heterocycles. The van der Waals surface area contributed by atoms with Gasteiger partial charge >= 0.3 is 0 Å². The second kappa shape index (κ2) is 9.73. The normalized spacial score (nSPS) is 17.6. The van der Waals surface area contributed by atoms with Gasteiger partial charge in [0.25, 0.3) is 0 Å². The van der Waals surface area contributed by atoms with E-state index in [9.17, 15) is 4.39 Å². The molecular formula is C19H31FN4O. The highest BCUT2D eigenvalue weighted by atomic mass is 19.1. The van der Waals surface area contributed by atoms with Crippen LogP contribution in [0.25, 0.3) is 0 Å². The molecule has 6 heteroatoms. The maximum Gasteiger partial charge on any atom is 0.193 e. The van der Waals surface area contributed by atoms with Crippen molar-refractivity contribution in [2.45, 2.75) is 26.4 Å². The third-order valence-corrected chi connectivity index (χ3v) is 4.64. The third-order valence-electron chi connectivity index (χ3n) is 4.64. The first-order chi connectivity index (χ1) is 12.0. The molecule has 1 aliphatic rings. The van der Waals surface area contributed by atoms with E-state index in [2.05, 4.69) is 29.1 Å². The number of ether oxygens (including phenoxy) is 1. The summed E-state index contributed by atoms with van der Waals surface area (Å²) in [5.74, 6) is 1.15. The van der Waals surface area contributed by atoms with E-state index in [1.165, 1.54) is 6.07 Å². The summed E-state index contributed by atoms with van der Waals surface area (Å²) < 4.78 is 18.8. The molecule has 1 atom stereocenters. The molecule has 1 N–H and O–H groups in total. The molecule has 25 heavy (non-hydrogen) atoms. The lowest BCUT2D eigenvalue weighted by molar-refractivity contribution is 0.00741. The molecule has 0 radical (unpaired) electrons. The van der Waals surface area contributed by atoms with Gasteiger partial charge in [-0.1, -0.05) is 26.0 Å². The zero-order valence-corrected chi connectivity index (χ0v) is 15.8. The molecule has 0 amide bonds. The molecule has 1 aromatic carbocycles. The number of nitrogens with zero attached hydrogens (tertiary/aromatic N) is 3. The van der Waals surface area contributed by atoms with Crippen molar-refractivity contribution < 1.29 is 9.13 Å². The molecule has 0 aromatic heterocycles. The highest BCUT2D eigenvalue weighted by molar-refractivity contribution is 5.79. The number of benzene rings is 1. The minimum atomic E-state index is -0.207. The van der Waals surface area contributed by atoms with Crippen LogP contribution in [0.3, 0.4) is 0 Å². The summed E-state index contributed by atoms with van der Waals surface area (Å²) in [5.41, 5.74) is 0.930. The zero-order valence-electron chi connectivity index (χ0n) is 15.8. The van der Waals surface area contributed by atoms with E-state index in [0.29, 0.717) is 18.5 Å². The standard InChI is InChI=1S/C19H31FN4O/c1-15(2)18(24-8-10-25-11-9-24)13-22-19(21-3)23(4)14-16-6-5-7-17(20)12-16/h5-7,12,15,18H,8-11,13-14H2,1-4H3,(H,21,22). The van der Waals surface area contributed by atoms with Crippen LogP contribution in [0.15, 0.2) is 29.3 Å². The van der Waals surface area contributed by atoms with E-state index in [1.807, 2.05) is 18.0 Å². The first-order valence-electron chi connectivity index (χ1n) is 8.99. The van der Waals surface area contributed by atoms with Crippen molar-refractivity contribution in [2.75, 3.05) is 46.9 Å². The second-order valence-electron chi connectivity index (χ2n) is 6.87. The Morgan fingerprint density at radius 3 is 2.68 bits per heavy atom. The Hall–Kier alpha value is -1.66. The Morgan fingerprint density at radius 2 is 2.08 bits per heavy atom. The van der Waals surface area contributed by atoms with Crippen LogP contribution in [-0.4, -0.2) is 68.7 Å². The molecule has 1 fully saturated rings. The summed E-state index contributed by atoms with van der Waals surface area (Å²) in [6.45, 7) is 9.50. The molecule has 5 nitrogen and oxygen atoms in total. The summed E-state index contributed by atoms with van der Waals surface area (Å²) in [5, 5.41) is 3.48. The van der Waals surface area contributed by atoms with Crippen molar-refractivity contribution in [1.82, 2.24) is 15.1 Å². The maximum absolute atomic E-state index is 13.4. The van der Waals surface area contributed by atoms with Crippen LogP contribution in [-0.2, 0) is 11.3 Å². The Kier molecular flexibility index (Phi) is 7.65. The van der Waals surface area contributed by atoms with Gasteiger partial charge in [0.05, 0.1) is 13.2 Å². The number of halogens is 1. The van der Waals surface area contributed by atoms with Gasteiger partial charge in [-0.15, -0.1) is 0 Å². The molecule has 1 aliphatic heterocycles. The van der Waals surface area contributed by atoms with Gasteiger partial charge in [0.1, 0.15) is 5.82 Å². The van der Waals surface area contributed by atoms with Crippen LogP contribution in [0, 0.1) is 11.7 Å². The van der Waals surface area contributed by atoms with Gasteiger partial charge < -0.3 is 15.0 Å². The monoisotopic (exact) mass is 350 g/mol. The Labute approximate surface area is 150 Å². The SMILES string of the molecule is CN=C(NCC(C(C)C)N1CCOCC1)N(C)Cc1cccc(F)c1. The van der Waals surface area contributed by atoms with Crippen molar-refractivity contribution >= 4 is 5.96 Å². The summed E-state index contributed by atoms with van der Waals surface area (Å²) in [7, 11) is 3.75. The van der Waals surface area contributed by atoms with Crippen molar-refractivity contribution in [3.63, 3.8) is 0 Å². The van der Waals surface area contributed by atoms with Gasteiger partial charge in [-0.3, -0.25) is 9.89 Å². The van der Waals surface area contributed by atoms with Crippen LogP contribution in [0.1, 0.15) is 19.4 Å². The van der Waals surface area contributed by atoms with Gasteiger partial charge in [-0.05, 0) is 23.6 Å². The van der Waals surface area contributed by atoms with Gasteiger partial charge in [0, 0.05) is 46.3 Å². The van der Waals surface area contributed by atoms with Crippen LogP contribution < -0.4 is 5.32 Å². The number of guanidine groups is 1. The van der Waals surface area contributed by atoms with Crippen LogP contribution in [0.2, 0.25) is 0 Å². The lowest BCUT2D eigenvalue weighted by Gasteiger charge is -2.37. The lowest BCUT2D eigenvalue weighted by Crippen LogP contribution is -2.52. The quantitative estimate of drug-likeness (QED) is 0.631. The molecule has 0 aliphatic carbocycles. The molecule has 1 aromatic rings. The maximum atomic E-state index is 13.4. The molecule has 2 rings (SSSR count). The molecular weight excluding hydrogens is 319 g/mol. The summed E-state index contributed by atoms with van der Waals surface area (Å²) in [4.78, 5) is 8.88. The molecule has 0 saturated carbocycles. The summed E-state index contributed by atoms with van der Waals surface area (Å²) in [6.07, 6.45) is 0. The number of morpholine rings is 1. The number of aliphatic imine (C=N–C) groups is 1. The highest BCUT2D eigenvalue weighted by Gasteiger charge is 2.24. The fourth-order valence-corrected chi connectivity index (χ4v) is 3.26. The average molecular weight is 350 g/mol. The summed E-state index contributed by atoms with van der Waals surface area (Å²) in [6, 6.07) is 7.13. The first-order valence-corrected chi connectivity index (χ1v) is 8.99. The molecule has 1 unspecified atom stereocenters. The fraction of sp³-hybridized carbons (Fsp3) is 0.632. The molecule has 0 bridgehead atoms.